The molecule has 0 rings (SSSR count). The molecule has 0 aromatic carbocycles. The number of carboxylic acids is 1. The van der Waals surface area contributed by atoms with Crippen molar-refractivity contribution in [3.05, 3.63) is 0 Å². The molecular weight excluding hydrogens is 164 g/mol. The van der Waals surface area contributed by atoms with E-state index in [1.165, 1.54) is 11.9 Å². The number of hydrogen-bond acceptors (Lipinski definition) is 5. The van der Waals surface area contributed by atoms with Crippen LogP contribution < -0.4 is 15.6 Å². The van der Waals surface area contributed by atoms with E-state index in [1.807, 2.05) is 0 Å². The van der Waals surface area contributed by atoms with Gasteiger partial charge in [-0.1, -0.05) is 11.9 Å². The summed E-state index contributed by atoms with van der Waals surface area (Å²) in [6.45, 7) is 2.18. The highest BCUT2D eigenvalue weighted by Gasteiger charge is 1.99. The summed E-state index contributed by atoms with van der Waals surface area (Å²) in [5.74, 6) is -0.251. The van der Waals surface area contributed by atoms with Crippen molar-refractivity contribution in [2.24, 2.45) is 5.73 Å². The summed E-state index contributed by atoms with van der Waals surface area (Å²) in [6.07, 6.45) is 0.886. The molecule has 0 aromatic rings. The number of carboxylic acid groups (broad SMARTS) is 1. The Hall–Kier alpha value is -0.260. The lowest BCUT2D eigenvalue weighted by Crippen LogP contribution is -2.40. The van der Waals surface area contributed by atoms with E-state index in [-0.39, 0.29) is 0 Å². The van der Waals surface area contributed by atoms with E-state index < -0.39 is 12.0 Å². The van der Waals surface area contributed by atoms with E-state index in [2.05, 4.69) is 4.72 Å². The molecule has 0 saturated heterocycles. The smallest absolute Gasteiger partial charge is 0.0590 e. The highest BCUT2D eigenvalue weighted by molar-refractivity contribution is 7.97. The molecular formula is C6H13N2O2S-. The van der Waals surface area contributed by atoms with E-state index in [0.717, 1.165) is 12.2 Å². The molecule has 1 atom stereocenters. The van der Waals surface area contributed by atoms with Gasteiger partial charge >= 0.3 is 0 Å². The van der Waals surface area contributed by atoms with E-state index >= 15 is 0 Å². The Morgan fingerprint density at radius 1 is 1.82 bits per heavy atom. The Morgan fingerprint density at radius 3 is 2.91 bits per heavy atom. The van der Waals surface area contributed by atoms with Crippen LogP contribution in [0.25, 0.3) is 0 Å². The summed E-state index contributed by atoms with van der Waals surface area (Å²) in [5, 5.41) is 10.2. The zero-order chi connectivity index (χ0) is 8.69. The molecule has 5 heteroatoms. The van der Waals surface area contributed by atoms with Crippen LogP contribution >= 0.6 is 11.9 Å². The maximum atomic E-state index is 10.2. The first-order valence-electron chi connectivity index (χ1n) is 3.46. The number of aliphatic carboxylic acids is 1. The zero-order valence-electron chi connectivity index (χ0n) is 6.50. The maximum absolute atomic E-state index is 10.2. The summed E-state index contributed by atoms with van der Waals surface area (Å²) in [5.41, 5.74) is 5.24. The fourth-order valence-corrected chi connectivity index (χ4v) is 1.16. The van der Waals surface area contributed by atoms with Crippen LogP contribution in [0.4, 0.5) is 0 Å². The summed E-state index contributed by atoms with van der Waals surface area (Å²) < 4.78 is 2.72. The molecule has 11 heavy (non-hydrogen) atoms. The minimum absolute atomic E-state index is 0.599. The Labute approximate surface area is 70.7 Å². The number of nitrogens with two attached hydrogens (primary N) is 1. The molecule has 0 aliphatic carbocycles. The Bertz CT molecular complexity index is 121. The van der Waals surface area contributed by atoms with Gasteiger partial charge in [0.05, 0.1) is 12.0 Å². The second kappa shape index (κ2) is 6.45. The molecule has 0 amide bonds. The number of rotatable bonds is 6. The lowest BCUT2D eigenvalue weighted by Gasteiger charge is -2.12. The molecule has 0 aromatic heterocycles. The van der Waals surface area contributed by atoms with Crippen molar-refractivity contribution < 1.29 is 9.90 Å². The van der Waals surface area contributed by atoms with Crippen LogP contribution in [-0.2, 0) is 4.79 Å². The molecule has 1 unspecified atom stereocenters. The van der Waals surface area contributed by atoms with Crippen molar-refractivity contribution in [3.63, 3.8) is 0 Å². The molecule has 0 heterocycles. The molecule has 0 aliphatic heterocycles. The molecule has 0 fully saturated rings. The minimum atomic E-state index is -1.08. The Kier molecular flexibility index (Phi) is 6.30. The van der Waals surface area contributed by atoms with Gasteiger partial charge in [-0.3, -0.25) is 4.72 Å². The fraction of sp³-hybridized carbons (Fsp3) is 0.833. The van der Waals surface area contributed by atoms with Crippen LogP contribution in [0.5, 0.6) is 0 Å². The maximum Gasteiger partial charge on any atom is 0.0590 e. The molecule has 0 bridgehead atoms. The van der Waals surface area contributed by atoms with Gasteiger partial charge in [-0.25, -0.2) is 0 Å². The highest BCUT2D eigenvalue weighted by atomic mass is 32.2. The van der Waals surface area contributed by atoms with E-state index in [9.17, 15) is 9.90 Å². The molecule has 66 valence electrons. The first-order chi connectivity index (χ1) is 5.18. The van der Waals surface area contributed by atoms with Gasteiger partial charge in [-0.2, -0.15) is 0 Å². The number of hydrogen-bond donors (Lipinski definition) is 2. The van der Waals surface area contributed by atoms with Gasteiger partial charge in [0.25, 0.3) is 0 Å². The summed E-state index contributed by atoms with van der Waals surface area (Å²) >= 11 is 1.36. The Balaban J connectivity index is 3.17. The second-order valence-corrected chi connectivity index (χ2v) is 3.08. The van der Waals surface area contributed by atoms with Crippen LogP contribution in [0.2, 0.25) is 0 Å². The fourth-order valence-electron chi connectivity index (χ4n) is 0.388. The Morgan fingerprint density at radius 2 is 2.45 bits per heavy atom. The van der Waals surface area contributed by atoms with Crippen LogP contribution in [0.1, 0.15) is 13.3 Å². The lowest BCUT2D eigenvalue weighted by molar-refractivity contribution is -0.307. The van der Waals surface area contributed by atoms with Crippen LogP contribution in [0.15, 0.2) is 0 Å². The summed E-state index contributed by atoms with van der Waals surface area (Å²) in [7, 11) is 0. The molecule has 3 N–H and O–H groups in total. The van der Waals surface area contributed by atoms with Crippen molar-refractivity contribution in [3.8, 4) is 0 Å². The monoisotopic (exact) mass is 177 g/mol. The van der Waals surface area contributed by atoms with E-state index in [1.54, 1.807) is 6.92 Å². The molecule has 0 saturated carbocycles. The normalized spacial score (nSPS) is 12.9. The van der Waals surface area contributed by atoms with Crippen LogP contribution in [0, 0.1) is 0 Å². The number of nitrogens with one attached hydrogen (secondary N) is 1. The first-order valence-corrected chi connectivity index (χ1v) is 4.45. The van der Waals surface area contributed by atoms with Gasteiger partial charge < -0.3 is 15.6 Å². The largest absolute Gasteiger partial charge is 0.548 e. The molecule has 0 spiro atoms. The average molecular weight is 177 g/mol. The SMILES string of the molecule is CC(NSCCCN)C(=O)[O-]. The number of carbonyl (C=O) groups is 1. The van der Waals surface area contributed by atoms with Crippen molar-refractivity contribution in [1.82, 2.24) is 4.72 Å². The standard InChI is InChI=1S/C6H14N2O2S/c1-5(6(9)10)8-11-4-2-3-7/h5,8H,2-4,7H2,1H3,(H,9,10)/p-1. The molecule has 4 nitrogen and oxygen atoms in total. The van der Waals surface area contributed by atoms with Gasteiger partial charge in [0.2, 0.25) is 0 Å². The van der Waals surface area contributed by atoms with Gasteiger partial charge in [-0.15, -0.1) is 0 Å². The van der Waals surface area contributed by atoms with Crippen molar-refractivity contribution >= 4 is 17.9 Å². The van der Waals surface area contributed by atoms with Crippen molar-refractivity contribution in [2.45, 2.75) is 19.4 Å². The summed E-state index contributed by atoms with van der Waals surface area (Å²) in [4.78, 5) is 10.2. The van der Waals surface area contributed by atoms with Gasteiger partial charge in [-0.05, 0) is 19.9 Å². The number of carbonyl (C=O) groups excluding carboxylic acids is 1. The predicted octanol–water partition coefficient (Wildman–Crippen LogP) is -1.29. The quantitative estimate of drug-likeness (QED) is 0.390. The average Bonchev–Trinajstić information content (AvgIpc) is 1.97. The lowest BCUT2D eigenvalue weighted by atomic mass is 10.4. The van der Waals surface area contributed by atoms with Crippen LogP contribution in [-0.4, -0.2) is 24.3 Å². The van der Waals surface area contributed by atoms with Crippen LogP contribution in [0.3, 0.4) is 0 Å². The molecule has 0 radical (unpaired) electrons. The minimum Gasteiger partial charge on any atom is -0.548 e. The second-order valence-electron chi connectivity index (χ2n) is 2.15. The topological polar surface area (TPSA) is 78.2 Å². The highest BCUT2D eigenvalue weighted by Crippen LogP contribution is 1.97. The van der Waals surface area contributed by atoms with Gasteiger partial charge in [0.1, 0.15) is 0 Å². The third-order valence-electron chi connectivity index (χ3n) is 1.06. The predicted molar refractivity (Wildman–Crippen MR) is 43.7 cm³/mol. The van der Waals surface area contributed by atoms with Crippen molar-refractivity contribution in [2.75, 3.05) is 12.3 Å². The third kappa shape index (κ3) is 6.15. The third-order valence-corrected chi connectivity index (χ3v) is 2.08. The summed E-state index contributed by atoms with van der Waals surface area (Å²) in [6, 6.07) is -0.599. The van der Waals surface area contributed by atoms with Crippen molar-refractivity contribution in [1.29, 1.82) is 0 Å². The molecule has 0 aliphatic rings. The van der Waals surface area contributed by atoms with Gasteiger partial charge in [0, 0.05) is 5.75 Å². The van der Waals surface area contributed by atoms with Gasteiger partial charge in [0.15, 0.2) is 0 Å². The van der Waals surface area contributed by atoms with E-state index in [0.29, 0.717) is 6.54 Å². The first kappa shape index (κ1) is 10.7. The zero-order valence-corrected chi connectivity index (χ0v) is 7.32. The van der Waals surface area contributed by atoms with E-state index in [4.69, 9.17) is 5.73 Å².